The van der Waals surface area contributed by atoms with Gasteiger partial charge in [-0.05, 0) is 12.0 Å². The summed E-state index contributed by atoms with van der Waals surface area (Å²) in [5, 5.41) is 19.3. The summed E-state index contributed by atoms with van der Waals surface area (Å²) in [7, 11) is 0. The van der Waals surface area contributed by atoms with Crippen LogP contribution in [0.3, 0.4) is 0 Å². The highest BCUT2D eigenvalue weighted by atomic mass is 16.4. The Balaban J connectivity index is 2.90. The summed E-state index contributed by atoms with van der Waals surface area (Å²) in [6.45, 7) is 2.02. The molecule has 2 N–H and O–H groups in total. The number of aliphatic hydroxyl groups is 1. The molecule has 0 radical (unpaired) electrons. The predicted molar refractivity (Wildman–Crippen MR) is 62.1 cm³/mol. The van der Waals surface area contributed by atoms with Crippen molar-refractivity contribution in [2.24, 2.45) is 0 Å². The highest BCUT2D eigenvalue weighted by Gasteiger charge is 2.31. The second-order valence-electron chi connectivity index (χ2n) is 4.07. The fourth-order valence-electron chi connectivity index (χ4n) is 1.80. The number of carbonyl (C=O) groups is 1. The number of carboxylic acid groups (broad SMARTS) is 1. The van der Waals surface area contributed by atoms with Crippen LogP contribution in [0, 0.1) is 0 Å². The number of hydrogen-bond donors (Lipinski definition) is 2. The van der Waals surface area contributed by atoms with Crippen molar-refractivity contribution in [3.8, 4) is 0 Å². The Morgan fingerprint density at radius 3 is 2.44 bits per heavy atom. The smallest absolute Gasteiger partial charge is 0.306 e. The molecule has 0 heterocycles. The van der Waals surface area contributed by atoms with E-state index in [1.807, 2.05) is 25.1 Å². The third-order valence-corrected chi connectivity index (χ3v) is 2.70. The van der Waals surface area contributed by atoms with Gasteiger partial charge in [-0.15, -0.1) is 0 Å². The molecular weight excluding hydrogens is 204 g/mol. The molecule has 0 aromatic heterocycles. The first-order valence-corrected chi connectivity index (χ1v) is 5.58. The van der Waals surface area contributed by atoms with E-state index in [4.69, 9.17) is 5.11 Å². The van der Waals surface area contributed by atoms with Crippen molar-refractivity contribution in [1.29, 1.82) is 0 Å². The van der Waals surface area contributed by atoms with Crippen molar-refractivity contribution >= 4 is 5.97 Å². The van der Waals surface area contributed by atoms with Crippen LogP contribution in [-0.4, -0.2) is 16.2 Å². The minimum absolute atomic E-state index is 0.239. The Kier molecular flexibility index (Phi) is 4.50. The predicted octanol–water partition coefficient (Wildman–Crippen LogP) is 2.54. The normalized spacial score (nSPS) is 14.4. The lowest BCUT2D eigenvalue weighted by Crippen LogP contribution is -2.29. The first kappa shape index (κ1) is 12.7. The van der Waals surface area contributed by atoms with Gasteiger partial charge in [0.1, 0.15) is 5.60 Å². The Morgan fingerprint density at radius 2 is 1.94 bits per heavy atom. The van der Waals surface area contributed by atoms with E-state index in [0.717, 1.165) is 12.8 Å². The number of benzene rings is 1. The van der Waals surface area contributed by atoms with Crippen LogP contribution < -0.4 is 0 Å². The third-order valence-electron chi connectivity index (χ3n) is 2.70. The second-order valence-corrected chi connectivity index (χ2v) is 4.07. The van der Waals surface area contributed by atoms with E-state index in [-0.39, 0.29) is 6.42 Å². The molecule has 88 valence electrons. The third kappa shape index (κ3) is 3.35. The van der Waals surface area contributed by atoms with E-state index in [1.165, 1.54) is 0 Å². The average molecular weight is 222 g/mol. The van der Waals surface area contributed by atoms with Crippen LogP contribution >= 0.6 is 0 Å². The lowest BCUT2D eigenvalue weighted by atomic mass is 9.86. The minimum Gasteiger partial charge on any atom is -0.481 e. The lowest BCUT2D eigenvalue weighted by Gasteiger charge is -2.27. The van der Waals surface area contributed by atoms with E-state index in [2.05, 4.69) is 0 Å². The van der Waals surface area contributed by atoms with E-state index in [9.17, 15) is 9.90 Å². The summed E-state index contributed by atoms with van der Waals surface area (Å²) in [5.41, 5.74) is -0.547. The van der Waals surface area contributed by atoms with E-state index in [1.54, 1.807) is 12.1 Å². The van der Waals surface area contributed by atoms with Crippen LogP contribution in [0.5, 0.6) is 0 Å². The quantitative estimate of drug-likeness (QED) is 0.777. The lowest BCUT2D eigenvalue weighted by molar-refractivity contribution is -0.143. The molecule has 0 bridgehead atoms. The summed E-state index contributed by atoms with van der Waals surface area (Å²) in [6.07, 6.45) is 2.00. The maximum absolute atomic E-state index is 10.8. The van der Waals surface area contributed by atoms with Crippen LogP contribution in [0.1, 0.15) is 38.2 Å². The first-order valence-electron chi connectivity index (χ1n) is 5.58. The Hall–Kier alpha value is -1.35. The van der Waals surface area contributed by atoms with Crippen molar-refractivity contribution in [2.45, 2.75) is 38.2 Å². The highest BCUT2D eigenvalue weighted by Crippen LogP contribution is 2.30. The summed E-state index contributed by atoms with van der Waals surface area (Å²) < 4.78 is 0. The summed E-state index contributed by atoms with van der Waals surface area (Å²) in [5.74, 6) is -0.970. The van der Waals surface area contributed by atoms with Gasteiger partial charge in [-0.1, -0.05) is 50.1 Å². The molecule has 1 unspecified atom stereocenters. The van der Waals surface area contributed by atoms with Gasteiger partial charge in [0.25, 0.3) is 0 Å². The molecule has 3 nitrogen and oxygen atoms in total. The molecule has 1 aromatic carbocycles. The molecule has 0 aliphatic heterocycles. The summed E-state index contributed by atoms with van der Waals surface area (Å²) in [6, 6.07) is 9.03. The molecule has 3 heteroatoms. The number of carboxylic acids is 1. The van der Waals surface area contributed by atoms with E-state index >= 15 is 0 Å². The van der Waals surface area contributed by atoms with Gasteiger partial charge in [-0.2, -0.15) is 0 Å². The number of rotatable bonds is 6. The monoisotopic (exact) mass is 222 g/mol. The summed E-state index contributed by atoms with van der Waals surface area (Å²) >= 11 is 0. The van der Waals surface area contributed by atoms with E-state index in [0.29, 0.717) is 12.0 Å². The molecule has 0 amide bonds. The van der Waals surface area contributed by atoms with Gasteiger partial charge in [-0.3, -0.25) is 4.79 Å². The number of unbranched alkanes of at least 4 members (excludes halogenated alkanes) is 1. The SMILES string of the molecule is CCCCC(O)(CC(=O)O)c1ccccc1. The molecule has 0 spiro atoms. The zero-order valence-corrected chi connectivity index (χ0v) is 9.52. The molecule has 0 aliphatic carbocycles. The van der Waals surface area contributed by atoms with Crippen LogP contribution in [0.2, 0.25) is 0 Å². The molecular formula is C13H18O3. The molecule has 0 saturated carbocycles. The topological polar surface area (TPSA) is 57.5 Å². The maximum Gasteiger partial charge on any atom is 0.306 e. The van der Waals surface area contributed by atoms with Crippen molar-refractivity contribution in [1.82, 2.24) is 0 Å². The second kappa shape index (κ2) is 5.66. The van der Waals surface area contributed by atoms with Gasteiger partial charge >= 0.3 is 5.97 Å². The summed E-state index contributed by atoms with van der Waals surface area (Å²) in [4.78, 5) is 10.8. The molecule has 0 fully saturated rings. The fourth-order valence-corrected chi connectivity index (χ4v) is 1.80. The molecule has 0 aliphatic rings. The van der Waals surface area contributed by atoms with Crippen LogP contribution in [0.4, 0.5) is 0 Å². The fraction of sp³-hybridized carbons (Fsp3) is 0.462. The van der Waals surface area contributed by atoms with Crippen LogP contribution in [-0.2, 0) is 10.4 Å². The van der Waals surface area contributed by atoms with Crippen molar-refractivity contribution in [3.63, 3.8) is 0 Å². The molecule has 16 heavy (non-hydrogen) atoms. The van der Waals surface area contributed by atoms with E-state index < -0.39 is 11.6 Å². The van der Waals surface area contributed by atoms with Gasteiger partial charge in [0.2, 0.25) is 0 Å². The minimum atomic E-state index is -1.23. The van der Waals surface area contributed by atoms with Gasteiger partial charge in [0.15, 0.2) is 0 Å². The van der Waals surface area contributed by atoms with Crippen molar-refractivity contribution in [3.05, 3.63) is 35.9 Å². The Labute approximate surface area is 95.7 Å². The standard InChI is InChI=1S/C13H18O3/c1-2-3-9-13(16,10-12(14)15)11-7-5-4-6-8-11/h4-8,16H,2-3,9-10H2,1H3,(H,14,15). The maximum atomic E-state index is 10.8. The average Bonchev–Trinajstić information content (AvgIpc) is 2.27. The zero-order valence-electron chi connectivity index (χ0n) is 9.52. The van der Waals surface area contributed by atoms with Gasteiger partial charge in [0.05, 0.1) is 6.42 Å². The van der Waals surface area contributed by atoms with Crippen molar-refractivity contribution < 1.29 is 15.0 Å². The van der Waals surface area contributed by atoms with Crippen LogP contribution in [0.15, 0.2) is 30.3 Å². The number of hydrogen-bond acceptors (Lipinski definition) is 2. The van der Waals surface area contributed by atoms with Gasteiger partial charge in [0, 0.05) is 0 Å². The van der Waals surface area contributed by atoms with Gasteiger partial charge < -0.3 is 10.2 Å². The zero-order chi connectivity index (χ0) is 12.0. The highest BCUT2D eigenvalue weighted by molar-refractivity contribution is 5.68. The molecule has 0 saturated heterocycles. The van der Waals surface area contributed by atoms with Crippen molar-refractivity contribution in [2.75, 3.05) is 0 Å². The van der Waals surface area contributed by atoms with Gasteiger partial charge in [-0.25, -0.2) is 0 Å². The molecule has 1 rings (SSSR count). The van der Waals surface area contributed by atoms with Crippen LogP contribution in [0.25, 0.3) is 0 Å². The Morgan fingerprint density at radius 1 is 1.31 bits per heavy atom. The Bertz CT molecular complexity index is 334. The molecule has 1 atom stereocenters. The largest absolute Gasteiger partial charge is 0.481 e. The number of aliphatic carboxylic acids is 1. The first-order chi connectivity index (χ1) is 7.58. The molecule has 1 aromatic rings.